The highest BCUT2D eigenvalue weighted by atomic mass is 32.1. The summed E-state index contributed by atoms with van der Waals surface area (Å²) >= 11 is 1.80. The molecule has 1 saturated heterocycles. The Labute approximate surface area is 189 Å². The van der Waals surface area contributed by atoms with E-state index in [1.165, 1.54) is 27.4 Å². The van der Waals surface area contributed by atoms with E-state index in [9.17, 15) is 0 Å². The standard InChI is InChI=1S/C26H30N3OS/c1-27-13-15-28(16-14-27)19-21-7-9-23(10-8-21)30-20-22-5-3-4-6-24(22)29(2)17-11-26-25(29)12-18-31-26/h3-12,17-18H,13-16,19-20H2,1-2H3/q+1. The quantitative estimate of drug-likeness (QED) is 0.490. The Balaban J connectivity index is 1.26. The number of para-hydroxylation sites is 1. The Morgan fingerprint density at radius 3 is 2.52 bits per heavy atom. The first-order valence-corrected chi connectivity index (χ1v) is 11.8. The van der Waals surface area contributed by atoms with Crippen LogP contribution in [0.3, 0.4) is 0 Å². The van der Waals surface area contributed by atoms with Crippen molar-refractivity contribution in [1.29, 1.82) is 0 Å². The van der Waals surface area contributed by atoms with Gasteiger partial charge in [0.15, 0.2) is 5.69 Å². The van der Waals surface area contributed by atoms with Gasteiger partial charge in [0.1, 0.15) is 24.2 Å². The monoisotopic (exact) mass is 432 g/mol. The van der Waals surface area contributed by atoms with E-state index in [1.54, 1.807) is 11.3 Å². The van der Waals surface area contributed by atoms with Gasteiger partial charge in [0.05, 0.1) is 17.5 Å². The number of benzene rings is 2. The number of rotatable bonds is 6. The molecule has 160 valence electrons. The zero-order chi connectivity index (χ0) is 21.3. The van der Waals surface area contributed by atoms with Gasteiger partial charge >= 0.3 is 0 Å². The minimum absolute atomic E-state index is 0.565. The number of quaternary nitrogens is 1. The highest BCUT2D eigenvalue weighted by Crippen LogP contribution is 2.45. The van der Waals surface area contributed by atoms with Gasteiger partial charge in [0, 0.05) is 50.9 Å². The first kappa shape index (κ1) is 20.5. The first-order valence-electron chi connectivity index (χ1n) is 11.0. The van der Waals surface area contributed by atoms with Crippen molar-refractivity contribution in [2.24, 2.45) is 0 Å². The van der Waals surface area contributed by atoms with Crippen LogP contribution in [0.5, 0.6) is 5.75 Å². The lowest BCUT2D eigenvalue weighted by atomic mass is 10.1. The lowest BCUT2D eigenvalue weighted by Crippen LogP contribution is -2.43. The van der Waals surface area contributed by atoms with Crippen LogP contribution < -0.4 is 9.22 Å². The van der Waals surface area contributed by atoms with E-state index >= 15 is 0 Å². The van der Waals surface area contributed by atoms with Crippen molar-refractivity contribution in [3.63, 3.8) is 0 Å². The van der Waals surface area contributed by atoms with E-state index < -0.39 is 0 Å². The van der Waals surface area contributed by atoms with Crippen LogP contribution in [0.15, 0.2) is 66.2 Å². The van der Waals surface area contributed by atoms with Crippen LogP contribution in [0.1, 0.15) is 16.0 Å². The number of thiophene rings is 1. The van der Waals surface area contributed by atoms with Crippen molar-refractivity contribution >= 4 is 28.8 Å². The van der Waals surface area contributed by atoms with Gasteiger partial charge < -0.3 is 9.64 Å². The molecule has 0 aliphatic carbocycles. The minimum Gasteiger partial charge on any atom is -0.489 e. The van der Waals surface area contributed by atoms with Gasteiger partial charge in [-0.15, -0.1) is 11.3 Å². The van der Waals surface area contributed by atoms with Gasteiger partial charge in [-0.25, -0.2) is 4.48 Å². The molecule has 31 heavy (non-hydrogen) atoms. The lowest BCUT2D eigenvalue weighted by molar-refractivity contribution is 0.148. The number of likely N-dealkylation sites (N-methyl/N-ethyl adjacent to an activating group) is 1. The molecule has 0 bridgehead atoms. The predicted octanol–water partition coefficient (Wildman–Crippen LogP) is 5.33. The molecule has 0 radical (unpaired) electrons. The predicted molar refractivity (Wildman–Crippen MR) is 131 cm³/mol. The van der Waals surface area contributed by atoms with E-state index in [0.29, 0.717) is 11.1 Å². The van der Waals surface area contributed by atoms with Gasteiger partial charge in [-0.1, -0.05) is 24.3 Å². The summed E-state index contributed by atoms with van der Waals surface area (Å²) in [4.78, 5) is 6.26. The van der Waals surface area contributed by atoms with Crippen LogP contribution in [0.25, 0.3) is 6.08 Å². The highest BCUT2D eigenvalue weighted by Gasteiger charge is 2.35. The fourth-order valence-electron chi connectivity index (χ4n) is 4.53. The summed E-state index contributed by atoms with van der Waals surface area (Å²) in [5.74, 6) is 0.924. The van der Waals surface area contributed by atoms with Crippen LogP contribution in [0.2, 0.25) is 0 Å². The van der Waals surface area contributed by atoms with E-state index in [2.05, 4.69) is 96.1 Å². The summed E-state index contributed by atoms with van der Waals surface area (Å²) in [6, 6.07) is 19.5. The van der Waals surface area contributed by atoms with E-state index in [4.69, 9.17) is 4.74 Å². The molecule has 1 unspecified atom stereocenters. The molecular weight excluding hydrogens is 402 g/mol. The molecule has 3 heterocycles. The largest absolute Gasteiger partial charge is 0.489 e. The SMILES string of the molecule is CN1CCN(Cc2ccc(OCc3ccccc3[N+]3(C)C=Cc4sccc43)cc2)CC1. The molecule has 5 rings (SSSR count). The topological polar surface area (TPSA) is 15.7 Å². The van der Waals surface area contributed by atoms with Gasteiger partial charge in [0.2, 0.25) is 0 Å². The van der Waals surface area contributed by atoms with Crippen molar-refractivity contribution in [2.45, 2.75) is 13.2 Å². The zero-order valence-corrected chi connectivity index (χ0v) is 19.1. The number of fused-ring (bicyclic) bond motifs is 1. The maximum Gasteiger partial charge on any atom is 0.160 e. The van der Waals surface area contributed by atoms with Crippen molar-refractivity contribution in [1.82, 2.24) is 14.3 Å². The number of nitrogens with zero attached hydrogens (tertiary/aromatic N) is 3. The first-order chi connectivity index (χ1) is 15.1. The summed E-state index contributed by atoms with van der Waals surface area (Å²) in [5, 5.41) is 2.17. The molecule has 5 heteroatoms. The molecular formula is C26H30N3OS+. The number of hydrogen-bond donors (Lipinski definition) is 0. The van der Waals surface area contributed by atoms with Crippen LogP contribution in [0.4, 0.5) is 11.4 Å². The second-order valence-electron chi connectivity index (χ2n) is 8.70. The Hall–Kier alpha value is -2.44. The number of hydrogen-bond acceptors (Lipinski definition) is 4. The fourth-order valence-corrected chi connectivity index (χ4v) is 5.39. The summed E-state index contributed by atoms with van der Waals surface area (Å²) in [6.07, 6.45) is 4.50. The zero-order valence-electron chi connectivity index (χ0n) is 18.3. The molecule has 0 spiro atoms. The van der Waals surface area contributed by atoms with E-state index in [1.807, 2.05) is 0 Å². The third kappa shape index (κ3) is 4.19. The van der Waals surface area contributed by atoms with Gasteiger partial charge in [0.25, 0.3) is 0 Å². The molecule has 2 aliphatic rings. The molecule has 4 nitrogen and oxygen atoms in total. The normalized spacial score (nSPS) is 21.4. The maximum absolute atomic E-state index is 6.21. The fraction of sp³-hybridized carbons (Fsp3) is 0.308. The molecule has 2 aliphatic heterocycles. The van der Waals surface area contributed by atoms with Crippen LogP contribution in [0, 0.1) is 0 Å². The maximum atomic E-state index is 6.21. The number of piperazine rings is 1. The van der Waals surface area contributed by atoms with Crippen molar-refractivity contribution in [3.8, 4) is 5.75 Å². The second-order valence-corrected chi connectivity index (χ2v) is 9.65. The Kier molecular flexibility index (Phi) is 5.67. The van der Waals surface area contributed by atoms with Crippen molar-refractivity contribution in [3.05, 3.63) is 82.2 Å². The summed E-state index contributed by atoms with van der Waals surface area (Å²) in [7, 11) is 4.45. The molecule has 1 fully saturated rings. The van der Waals surface area contributed by atoms with Crippen LogP contribution in [-0.4, -0.2) is 50.1 Å². The average Bonchev–Trinajstić information content (AvgIpc) is 3.40. The van der Waals surface area contributed by atoms with Gasteiger partial charge in [-0.3, -0.25) is 4.90 Å². The van der Waals surface area contributed by atoms with Crippen molar-refractivity contribution in [2.75, 3.05) is 40.3 Å². The van der Waals surface area contributed by atoms with E-state index in [0.717, 1.165) is 38.5 Å². The summed E-state index contributed by atoms with van der Waals surface area (Å²) < 4.78 is 6.91. The highest BCUT2D eigenvalue weighted by molar-refractivity contribution is 7.11. The molecule has 0 amide bonds. The molecule has 2 aromatic carbocycles. The summed E-state index contributed by atoms with van der Waals surface area (Å²) in [5.41, 5.74) is 5.17. The molecule has 0 saturated carbocycles. The van der Waals surface area contributed by atoms with Crippen LogP contribution in [-0.2, 0) is 13.2 Å². The number of ether oxygens (including phenoxy) is 1. The third-order valence-electron chi connectivity index (χ3n) is 6.51. The molecule has 0 N–H and O–H groups in total. The Bertz CT molecular complexity index is 1070. The van der Waals surface area contributed by atoms with E-state index in [-0.39, 0.29) is 0 Å². The van der Waals surface area contributed by atoms with Crippen molar-refractivity contribution < 1.29 is 4.74 Å². The van der Waals surface area contributed by atoms with Gasteiger partial charge in [-0.05, 0) is 36.2 Å². The average molecular weight is 433 g/mol. The molecule has 1 atom stereocenters. The van der Waals surface area contributed by atoms with Crippen LogP contribution >= 0.6 is 11.3 Å². The Morgan fingerprint density at radius 1 is 0.935 bits per heavy atom. The molecule has 1 aromatic heterocycles. The Morgan fingerprint density at radius 2 is 1.71 bits per heavy atom. The second kappa shape index (κ2) is 8.60. The third-order valence-corrected chi connectivity index (χ3v) is 7.38. The lowest BCUT2D eigenvalue weighted by Gasteiger charge is -2.32. The smallest absolute Gasteiger partial charge is 0.160 e. The summed E-state index contributed by atoms with van der Waals surface area (Å²) in [6.45, 7) is 6.17. The minimum atomic E-state index is 0.565. The van der Waals surface area contributed by atoms with Gasteiger partial charge in [-0.2, -0.15) is 0 Å². The molecule has 3 aromatic rings.